The highest BCUT2D eigenvalue weighted by atomic mass is 35.5. The topological polar surface area (TPSA) is 127 Å². The minimum atomic E-state index is -0.983. The van der Waals surface area contributed by atoms with Gasteiger partial charge in [0.05, 0.1) is 30.6 Å². The van der Waals surface area contributed by atoms with E-state index in [0.29, 0.717) is 36.4 Å². The van der Waals surface area contributed by atoms with Crippen LogP contribution in [0.3, 0.4) is 0 Å². The van der Waals surface area contributed by atoms with E-state index in [0.717, 1.165) is 50.5 Å². The van der Waals surface area contributed by atoms with E-state index < -0.39 is 40.6 Å². The van der Waals surface area contributed by atoms with Gasteiger partial charge >= 0.3 is 0 Å². The van der Waals surface area contributed by atoms with E-state index in [2.05, 4.69) is 21.4 Å². The molecule has 2 aliphatic carbocycles. The molecule has 10 nitrogen and oxygen atoms in total. The number of Topliss-reactive ketones (excluding diaryl/α,β-unsaturated/α-hetero) is 3. The number of carbonyl (C=O) groups excluding carboxylic acids is 5. The molecule has 2 saturated carbocycles. The zero-order valence-electron chi connectivity index (χ0n) is 31.5. The summed E-state index contributed by atoms with van der Waals surface area (Å²) in [6.07, 6.45) is 9.09. The third-order valence-electron chi connectivity index (χ3n) is 11.4. The Morgan fingerprint density at radius 1 is 1.12 bits per heavy atom. The molecule has 282 valence electrons. The van der Waals surface area contributed by atoms with Gasteiger partial charge in [-0.3, -0.25) is 24.0 Å². The lowest BCUT2D eigenvalue weighted by Crippen LogP contribution is -2.58. The molecule has 0 aromatic heterocycles. The van der Waals surface area contributed by atoms with Gasteiger partial charge in [0, 0.05) is 42.2 Å². The summed E-state index contributed by atoms with van der Waals surface area (Å²) in [5.41, 5.74) is -0.230. The Morgan fingerprint density at radius 2 is 1.85 bits per heavy atom. The van der Waals surface area contributed by atoms with Crippen LogP contribution in [-0.4, -0.2) is 71.1 Å². The van der Waals surface area contributed by atoms with E-state index in [9.17, 15) is 24.0 Å². The van der Waals surface area contributed by atoms with Crippen molar-refractivity contribution in [3.63, 3.8) is 0 Å². The summed E-state index contributed by atoms with van der Waals surface area (Å²) in [6, 6.07) is 8.42. The normalized spacial score (nSPS) is 23.5. The van der Waals surface area contributed by atoms with Crippen molar-refractivity contribution in [2.24, 2.45) is 34.2 Å². The Bertz CT molecular complexity index is 1610. The van der Waals surface area contributed by atoms with Gasteiger partial charge in [-0.25, -0.2) is 0 Å². The van der Waals surface area contributed by atoms with Gasteiger partial charge < -0.3 is 15.1 Å². The van der Waals surface area contributed by atoms with Crippen LogP contribution in [-0.2, 0) is 28.8 Å². The summed E-state index contributed by atoms with van der Waals surface area (Å²) in [4.78, 5) is 81.4. The maximum Gasteiger partial charge on any atom is 0.273 e. The number of likely N-dealkylation sites (tertiary alicyclic amines) is 1. The quantitative estimate of drug-likeness (QED) is 0.190. The summed E-state index contributed by atoms with van der Waals surface area (Å²) in [7, 11) is 1.64. The van der Waals surface area contributed by atoms with E-state index in [-0.39, 0.29) is 61.2 Å². The first-order valence-electron chi connectivity index (χ1n) is 19.3. The fourth-order valence-electron chi connectivity index (χ4n) is 8.23. The van der Waals surface area contributed by atoms with Crippen molar-refractivity contribution >= 4 is 46.5 Å². The first kappa shape index (κ1) is 39.6. The van der Waals surface area contributed by atoms with E-state index in [1.807, 2.05) is 39.8 Å². The first-order valence-corrected chi connectivity index (χ1v) is 19.7. The van der Waals surface area contributed by atoms with Crippen LogP contribution >= 0.6 is 11.6 Å². The molecule has 1 N–H and O–H groups in total. The zero-order valence-corrected chi connectivity index (χ0v) is 32.3. The number of oxime groups is 1. The van der Waals surface area contributed by atoms with E-state index in [1.165, 1.54) is 0 Å². The molecule has 52 heavy (non-hydrogen) atoms. The molecule has 3 fully saturated rings. The summed E-state index contributed by atoms with van der Waals surface area (Å²) >= 11 is 6.29. The molecule has 2 amide bonds. The molecule has 0 radical (unpaired) electrons. The molecule has 2 aliphatic heterocycles. The van der Waals surface area contributed by atoms with Crippen LogP contribution in [0.4, 0.5) is 0 Å². The number of hydrogen-bond donors (Lipinski definition) is 1. The van der Waals surface area contributed by atoms with Gasteiger partial charge in [0.2, 0.25) is 17.6 Å². The molecule has 1 spiro atoms. The molecule has 4 aliphatic rings. The van der Waals surface area contributed by atoms with Crippen molar-refractivity contribution in [3.05, 3.63) is 39.7 Å². The molecule has 1 aromatic rings. The van der Waals surface area contributed by atoms with E-state index in [1.54, 1.807) is 24.1 Å². The number of amides is 2. The number of ketones is 3. The first-order chi connectivity index (χ1) is 24.7. The van der Waals surface area contributed by atoms with Gasteiger partial charge in [-0.15, -0.1) is 0 Å². The Hall–Kier alpha value is -3.58. The largest absolute Gasteiger partial charge is 0.387 e. The Morgan fingerprint density at radius 3 is 2.48 bits per heavy atom. The lowest BCUT2D eigenvalue weighted by molar-refractivity contribution is -0.145. The summed E-state index contributed by atoms with van der Waals surface area (Å²) < 4.78 is 0. The number of carbonyl (C=O) groups is 5. The van der Waals surface area contributed by atoms with Crippen molar-refractivity contribution in [3.8, 4) is 6.07 Å². The number of halogens is 1. The smallest absolute Gasteiger partial charge is 0.273 e. The maximum absolute atomic E-state index is 14.9. The van der Waals surface area contributed by atoms with Gasteiger partial charge in [0.1, 0.15) is 6.04 Å². The van der Waals surface area contributed by atoms with Crippen molar-refractivity contribution in [1.29, 1.82) is 0 Å². The van der Waals surface area contributed by atoms with Crippen LogP contribution in [0.1, 0.15) is 123 Å². The number of hydrogen-bond acceptors (Lipinski definition) is 7. The Kier molecular flexibility index (Phi) is 13.0. The van der Waals surface area contributed by atoms with Crippen molar-refractivity contribution in [2.45, 2.75) is 135 Å². The Balaban J connectivity index is 1.42. The van der Waals surface area contributed by atoms with E-state index in [4.69, 9.17) is 16.4 Å². The molecular formula is C41H56ClN4O6+. The summed E-state index contributed by atoms with van der Waals surface area (Å²) in [5, 5.41) is 8.10. The molecule has 0 bridgehead atoms. The number of rotatable bonds is 15. The summed E-state index contributed by atoms with van der Waals surface area (Å²) in [6.45, 7) is 7.72. The fourth-order valence-corrected chi connectivity index (χ4v) is 8.42. The SMILES string of the molecule is CCC[C@H](CC(=O)[C@@H]1C[C@]2(CC(c3cccc(Cl)c3)=NO2)CN1C(=O)[C@@H](NC(=O)[C@@H](CC#[N+]C)C1CCCCC1)C(C)(C)C)C(=O)C(=O)CC1CC1. The number of nitrogens with one attached hydrogen (secondary N) is 1. The second-order valence-corrected chi connectivity index (χ2v) is 17.1. The van der Waals surface area contributed by atoms with Gasteiger partial charge in [-0.05, 0) is 61.5 Å². The molecule has 5 rings (SSSR count). The third-order valence-corrected chi connectivity index (χ3v) is 11.6. The third kappa shape index (κ3) is 9.69. The lowest BCUT2D eigenvalue weighted by atomic mass is 9.77. The second kappa shape index (κ2) is 17.0. The minimum Gasteiger partial charge on any atom is -0.387 e. The highest BCUT2D eigenvalue weighted by Gasteiger charge is 2.55. The monoisotopic (exact) mass is 735 g/mol. The van der Waals surface area contributed by atoms with Crippen molar-refractivity contribution in [1.82, 2.24) is 10.2 Å². The highest BCUT2D eigenvalue weighted by molar-refractivity contribution is 6.38. The predicted molar refractivity (Wildman–Crippen MR) is 201 cm³/mol. The van der Waals surface area contributed by atoms with Crippen LogP contribution in [0.15, 0.2) is 29.4 Å². The zero-order chi connectivity index (χ0) is 37.6. The van der Waals surface area contributed by atoms with Crippen LogP contribution in [0.5, 0.6) is 0 Å². The van der Waals surface area contributed by atoms with Crippen LogP contribution in [0, 0.1) is 35.2 Å². The number of benzene rings is 1. The van der Waals surface area contributed by atoms with Crippen LogP contribution in [0.25, 0.3) is 4.85 Å². The second-order valence-electron chi connectivity index (χ2n) is 16.7. The van der Waals surface area contributed by atoms with Crippen LogP contribution in [0.2, 0.25) is 5.02 Å². The maximum atomic E-state index is 14.9. The predicted octanol–water partition coefficient (Wildman–Crippen LogP) is 7.20. The van der Waals surface area contributed by atoms with Gasteiger partial charge in [-0.2, -0.15) is 0 Å². The molecule has 2 heterocycles. The molecular weight excluding hydrogens is 680 g/mol. The standard InChI is InChI=1S/C41H55ClN4O6/c1-6-11-29(36(49)35(48)20-26-16-17-26)22-34(47)33-24-41(23-32(45-52-41)28-14-10-15-30(42)21-28)25-46(33)39(51)37(40(2,3)4)44-38(50)31(18-19-43-5)27-12-8-7-9-13-27/h10,14-15,21,26-27,29,31,33,37H,6-9,11-13,16-18,20,22-25H2,1-5H3/p+1/t29-,31+,33+,37-,41-/m1/s1. The fraction of sp³-hybridized carbons (Fsp3) is 0.683. The molecule has 11 heteroatoms. The molecule has 1 aromatic carbocycles. The van der Waals surface area contributed by atoms with Gasteiger partial charge in [0.15, 0.2) is 17.2 Å². The summed E-state index contributed by atoms with van der Waals surface area (Å²) in [5.74, 6) is -2.45. The molecule has 1 saturated heterocycles. The van der Waals surface area contributed by atoms with Crippen molar-refractivity contribution < 1.29 is 28.8 Å². The molecule has 5 atom stereocenters. The van der Waals surface area contributed by atoms with Crippen molar-refractivity contribution in [2.75, 3.05) is 13.6 Å². The Labute approximate surface area is 313 Å². The number of nitrogens with zero attached hydrogens (tertiary/aromatic N) is 3. The van der Waals surface area contributed by atoms with Gasteiger partial charge in [-0.1, -0.05) is 87.1 Å². The average molecular weight is 736 g/mol. The average Bonchev–Trinajstić information content (AvgIpc) is 3.71. The molecule has 0 unspecified atom stereocenters. The van der Waals surface area contributed by atoms with E-state index >= 15 is 0 Å². The lowest BCUT2D eigenvalue weighted by Gasteiger charge is -2.37. The van der Waals surface area contributed by atoms with Gasteiger partial charge in [0.25, 0.3) is 13.1 Å². The van der Waals surface area contributed by atoms with Crippen LogP contribution < -0.4 is 5.32 Å². The minimum absolute atomic E-state index is 0.0770. The highest BCUT2D eigenvalue weighted by Crippen LogP contribution is 2.42.